The molecule has 0 aliphatic rings. The van der Waals surface area contributed by atoms with Crippen LogP contribution in [-0.2, 0) is 27.9 Å². The summed E-state index contributed by atoms with van der Waals surface area (Å²) in [6.45, 7) is 6.78. The van der Waals surface area contributed by atoms with Gasteiger partial charge in [-0.2, -0.15) is 0 Å². The molecule has 9 nitrogen and oxygen atoms in total. The SMILES string of the molecule is CCCCC/C=C\C/C=C\CCCCCCCCCCCCCC(=O)NC(COP(=O)([O-])OCC[N+](C)(C)C)C(/C=C\CCCCCCCCCCC)OC(=O)CCCCCCCC/C=C/C=C/CCCCC. The molecule has 0 spiro atoms. The van der Waals surface area contributed by atoms with Crippen LogP contribution in [-0.4, -0.2) is 69.4 Å². The Bertz CT molecular complexity index is 1440. The molecular formula is C63H117N2O7P. The highest BCUT2D eigenvalue weighted by Gasteiger charge is 2.27. The van der Waals surface area contributed by atoms with Crippen molar-refractivity contribution in [2.24, 2.45) is 0 Å². The number of carbonyl (C=O) groups excluding carboxylic acids is 2. The normalized spacial score (nSPS) is 14.1. The molecule has 426 valence electrons. The van der Waals surface area contributed by atoms with E-state index in [1.54, 1.807) is 0 Å². The maximum atomic E-state index is 13.5. The summed E-state index contributed by atoms with van der Waals surface area (Å²) in [6.07, 6.45) is 66.1. The van der Waals surface area contributed by atoms with Crippen LogP contribution in [0.2, 0.25) is 0 Å². The van der Waals surface area contributed by atoms with Crippen molar-refractivity contribution in [3.63, 3.8) is 0 Å². The van der Waals surface area contributed by atoms with Crippen LogP contribution in [0, 0.1) is 0 Å². The number of esters is 1. The highest BCUT2D eigenvalue weighted by molar-refractivity contribution is 7.45. The van der Waals surface area contributed by atoms with Crippen LogP contribution in [0.4, 0.5) is 0 Å². The fourth-order valence-corrected chi connectivity index (χ4v) is 9.38. The quantitative estimate of drug-likeness (QED) is 0.0161. The molecule has 0 aromatic rings. The number of likely N-dealkylation sites (N-methyl/N-ethyl adjacent to an activating group) is 1. The molecule has 0 aromatic carbocycles. The lowest BCUT2D eigenvalue weighted by molar-refractivity contribution is -0.870. The Labute approximate surface area is 451 Å². The van der Waals surface area contributed by atoms with Gasteiger partial charge in [-0.3, -0.25) is 14.2 Å². The molecule has 0 rings (SSSR count). The summed E-state index contributed by atoms with van der Waals surface area (Å²) in [5.41, 5.74) is 0. The summed E-state index contributed by atoms with van der Waals surface area (Å²) in [4.78, 5) is 39.9. The molecule has 0 aliphatic carbocycles. The van der Waals surface area contributed by atoms with E-state index in [1.807, 2.05) is 33.3 Å². The zero-order valence-electron chi connectivity index (χ0n) is 48.6. The first-order chi connectivity index (χ1) is 35.4. The third-order valence-electron chi connectivity index (χ3n) is 13.4. The topological polar surface area (TPSA) is 114 Å². The van der Waals surface area contributed by atoms with Gasteiger partial charge in [0.15, 0.2) is 0 Å². The standard InChI is InChI=1S/C63H117N2O7P/c1-7-10-13-16-19-22-25-27-29-30-31-32-33-34-36-37-40-43-46-49-52-55-62(66)64-60(59-71-73(68,69)70-58-57-65(4,5)6)61(54-51-48-45-42-39-24-21-18-15-12-9-3)72-63(67)56-53-50-47-44-41-38-35-28-26-23-20-17-14-11-8-2/h19-20,22-23,26-29,51,54,60-61H,7-18,21,24-25,30-50,52-53,55-59H2,1-6H3,(H-,64,66,68,69)/b22-19-,23-20+,28-26+,29-27-,54-51-. The number of phosphoric acid groups is 1. The zero-order valence-corrected chi connectivity index (χ0v) is 49.5. The Hall–Kier alpha value is -2.29. The number of amides is 1. The van der Waals surface area contributed by atoms with Crippen LogP contribution in [0.5, 0.6) is 0 Å². The largest absolute Gasteiger partial charge is 0.756 e. The van der Waals surface area contributed by atoms with E-state index in [4.69, 9.17) is 13.8 Å². The predicted octanol–water partition coefficient (Wildman–Crippen LogP) is 18.0. The van der Waals surface area contributed by atoms with Crippen molar-refractivity contribution in [1.29, 1.82) is 0 Å². The Kier molecular flexibility index (Phi) is 51.5. The molecule has 0 bridgehead atoms. The van der Waals surface area contributed by atoms with Gasteiger partial charge < -0.3 is 28.5 Å². The van der Waals surface area contributed by atoms with E-state index < -0.39 is 26.6 Å². The van der Waals surface area contributed by atoms with Crippen molar-refractivity contribution in [1.82, 2.24) is 5.32 Å². The maximum absolute atomic E-state index is 13.5. The number of carbonyl (C=O) groups is 2. The van der Waals surface area contributed by atoms with Gasteiger partial charge in [-0.05, 0) is 89.5 Å². The lowest BCUT2D eigenvalue weighted by Crippen LogP contribution is -2.47. The molecule has 0 saturated carbocycles. The third-order valence-corrected chi connectivity index (χ3v) is 14.4. The molecule has 3 atom stereocenters. The predicted molar refractivity (Wildman–Crippen MR) is 312 cm³/mol. The zero-order chi connectivity index (χ0) is 53.6. The molecule has 0 radical (unpaired) electrons. The number of quaternary nitrogens is 1. The second-order valence-electron chi connectivity index (χ2n) is 21.9. The van der Waals surface area contributed by atoms with Crippen LogP contribution in [0.25, 0.3) is 0 Å². The molecule has 1 amide bonds. The van der Waals surface area contributed by atoms with Gasteiger partial charge in [0, 0.05) is 12.8 Å². The number of unbranched alkanes of at least 4 members (excludes halogenated alkanes) is 32. The fraction of sp³-hybridized carbons (Fsp3) is 0.810. The minimum absolute atomic E-state index is 0.0256. The molecule has 0 heterocycles. The number of nitrogens with one attached hydrogen (secondary N) is 1. The number of hydrogen-bond acceptors (Lipinski definition) is 7. The Balaban J connectivity index is 5.21. The van der Waals surface area contributed by atoms with E-state index in [2.05, 4.69) is 74.7 Å². The maximum Gasteiger partial charge on any atom is 0.306 e. The molecule has 0 aliphatic heterocycles. The minimum atomic E-state index is -4.70. The molecule has 10 heteroatoms. The molecule has 0 saturated heterocycles. The van der Waals surface area contributed by atoms with Crippen molar-refractivity contribution >= 4 is 19.7 Å². The van der Waals surface area contributed by atoms with Gasteiger partial charge in [-0.25, -0.2) is 0 Å². The molecule has 3 unspecified atom stereocenters. The fourth-order valence-electron chi connectivity index (χ4n) is 8.66. The third kappa shape index (κ3) is 54.3. The van der Waals surface area contributed by atoms with Crippen molar-refractivity contribution in [2.75, 3.05) is 40.9 Å². The smallest absolute Gasteiger partial charge is 0.306 e. The van der Waals surface area contributed by atoms with Crippen molar-refractivity contribution in [3.8, 4) is 0 Å². The summed E-state index contributed by atoms with van der Waals surface area (Å²) in [6, 6.07) is -0.894. The van der Waals surface area contributed by atoms with Crippen LogP contribution in [0.3, 0.4) is 0 Å². The van der Waals surface area contributed by atoms with Crippen molar-refractivity contribution in [3.05, 3.63) is 60.8 Å². The van der Waals surface area contributed by atoms with Gasteiger partial charge in [0.2, 0.25) is 5.91 Å². The summed E-state index contributed by atoms with van der Waals surface area (Å²) in [5.74, 6) is -0.553. The average Bonchev–Trinajstić information content (AvgIpc) is 3.35. The van der Waals surface area contributed by atoms with Crippen LogP contribution >= 0.6 is 7.82 Å². The van der Waals surface area contributed by atoms with Gasteiger partial charge in [0.25, 0.3) is 7.82 Å². The number of phosphoric ester groups is 1. The van der Waals surface area contributed by atoms with Crippen LogP contribution in [0.1, 0.15) is 278 Å². The highest BCUT2D eigenvalue weighted by atomic mass is 31.2. The molecular weight excluding hydrogens is 928 g/mol. The number of hydrogen-bond donors (Lipinski definition) is 1. The average molecular weight is 1050 g/mol. The number of ether oxygens (including phenoxy) is 1. The van der Waals surface area contributed by atoms with E-state index in [0.29, 0.717) is 17.4 Å². The number of rotatable bonds is 55. The van der Waals surface area contributed by atoms with E-state index in [-0.39, 0.29) is 24.9 Å². The monoisotopic (exact) mass is 1040 g/mol. The Morgan fingerprint density at radius 3 is 1.34 bits per heavy atom. The first-order valence-corrected chi connectivity index (χ1v) is 32.1. The van der Waals surface area contributed by atoms with Crippen LogP contribution in [0.15, 0.2) is 60.8 Å². The van der Waals surface area contributed by atoms with Crippen molar-refractivity contribution in [2.45, 2.75) is 290 Å². The van der Waals surface area contributed by atoms with E-state index >= 15 is 0 Å². The highest BCUT2D eigenvalue weighted by Crippen LogP contribution is 2.38. The summed E-state index contributed by atoms with van der Waals surface area (Å²) >= 11 is 0. The number of allylic oxidation sites excluding steroid dienone is 9. The van der Waals surface area contributed by atoms with Gasteiger partial charge >= 0.3 is 5.97 Å². The Morgan fingerprint density at radius 1 is 0.493 bits per heavy atom. The first-order valence-electron chi connectivity index (χ1n) is 30.6. The minimum Gasteiger partial charge on any atom is -0.756 e. The van der Waals surface area contributed by atoms with Gasteiger partial charge in [0.05, 0.1) is 33.8 Å². The van der Waals surface area contributed by atoms with Crippen molar-refractivity contribution < 1.29 is 37.3 Å². The second kappa shape index (κ2) is 53.1. The second-order valence-corrected chi connectivity index (χ2v) is 23.3. The summed E-state index contributed by atoms with van der Waals surface area (Å²) in [7, 11) is 1.18. The van der Waals surface area contributed by atoms with Gasteiger partial charge in [-0.1, -0.05) is 236 Å². The lowest BCUT2D eigenvalue weighted by Gasteiger charge is -2.30. The van der Waals surface area contributed by atoms with Gasteiger partial charge in [0.1, 0.15) is 19.3 Å². The van der Waals surface area contributed by atoms with Crippen LogP contribution < -0.4 is 10.2 Å². The first kappa shape index (κ1) is 70.7. The van der Waals surface area contributed by atoms with Gasteiger partial charge in [-0.15, -0.1) is 0 Å². The molecule has 0 aromatic heterocycles. The molecule has 1 N–H and O–H groups in total. The lowest BCUT2D eigenvalue weighted by atomic mass is 10.0. The van der Waals surface area contributed by atoms with E-state index in [0.717, 1.165) is 83.5 Å². The van der Waals surface area contributed by atoms with E-state index in [9.17, 15) is 19.0 Å². The Morgan fingerprint density at radius 2 is 0.877 bits per heavy atom. The summed E-state index contributed by atoms with van der Waals surface area (Å²) in [5, 5.41) is 3.02. The number of nitrogens with zero attached hydrogens (tertiary/aromatic N) is 1. The van der Waals surface area contributed by atoms with E-state index in [1.165, 1.54) is 161 Å². The summed E-state index contributed by atoms with van der Waals surface area (Å²) < 4.78 is 30.3. The molecule has 73 heavy (non-hydrogen) atoms. The molecule has 0 fully saturated rings.